The van der Waals surface area contributed by atoms with Gasteiger partial charge in [-0.1, -0.05) is 0 Å². The van der Waals surface area contributed by atoms with Crippen molar-refractivity contribution in [2.45, 2.75) is 6.54 Å². The highest BCUT2D eigenvalue weighted by atomic mass is 16.5. The summed E-state index contributed by atoms with van der Waals surface area (Å²) in [7, 11) is 1.83. The Morgan fingerprint density at radius 3 is 3.27 bits per heavy atom. The van der Waals surface area contributed by atoms with E-state index in [9.17, 15) is 4.79 Å². The third-order valence-corrected chi connectivity index (χ3v) is 1.82. The smallest absolute Gasteiger partial charge is 0.422 e. The summed E-state index contributed by atoms with van der Waals surface area (Å²) < 4.78 is 8.52. The van der Waals surface area contributed by atoms with Crippen LogP contribution in [0.2, 0.25) is 0 Å². The molecular weight excluding hydrogens is 144 g/mol. The third-order valence-electron chi connectivity index (χ3n) is 1.82. The first-order valence-corrected chi connectivity index (χ1v) is 3.51. The van der Waals surface area contributed by atoms with E-state index in [1.54, 1.807) is 4.57 Å². The molecule has 1 aromatic heterocycles. The van der Waals surface area contributed by atoms with E-state index in [-0.39, 0.29) is 5.97 Å². The largest absolute Gasteiger partial charge is 0.452 e. The number of carbonyl (C=O) groups is 1. The molecule has 0 saturated carbocycles. The number of imidazole rings is 1. The second-order valence-electron chi connectivity index (χ2n) is 2.56. The molecular formula is C7H9N2O2+. The highest BCUT2D eigenvalue weighted by Crippen LogP contribution is 2.03. The minimum atomic E-state index is -0.233. The van der Waals surface area contributed by atoms with Crippen LogP contribution < -0.4 is 4.57 Å². The van der Waals surface area contributed by atoms with Gasteiger partial charge in [-0.3, -0.25) is 0 Å². The number of esters is 1. The van der Waals surface area contributed by atoms with Gasteiger partial charge in [-0.2, -0.15) is 0 Å². The molecule has 11 heavy (non-hydrogen) atoms. The molecule has 0 N–H and O–H groups in total. The van der Waals surface area contributed by atoms with E-state index in [4.69, 9.17) is 4.74 Å². The fraction of sp³-hybridized carbons (Fsp3) is 0.429. The van der Waals surface area contributed by atoms with E-state index in [0.717, 1.165) is 6.54 Å². The average Bonchev–Trinajstić information content (AvgIpc) is 2.34. The average molecular weight is 153 g/mol. The molecule has 0 fully saturated rings. The van der Waals surface area contributed by atoms with E-state index in [1.807, 2.05) is 24.0 Å². The van der Waals surface area contributed by atoms with Crippen LogP contribution in [0.25, 0.3) is 0 Å². The van der Waals surface area contributed by atoms with Gasteiger partial charge in [-0.05, 0) is 0 Å². The van der Waals surface area contributed by atoms with Crippen molar-refractivity contribution >= 4 is 5.97 Å². The van der Waals surface area contributed by atoms with Gasteiger partial charge in [-0.15, -0.1) is 0 Å². The Hall–Kier alpha value is -1.32. The lowest BCUT2D eigenvalue weighted by atomic mass is 10.5. The Bertz CT molecular complexity index is 303. The van der Waals surface area contributed by atoms with Gasteiger partial charge in [0.2, 0.25) is 0 Å². The van der Waals surface area contributed by atoms with Gasteiger partial charge < -0.3 is 4.74 Å². The third kappa shape index (κ3) is 0.824. The number of fused-ring (bicyclic) bond motifs is 1. The topological polar surface area (TPSA) is 35.1 Å². The van der Waals surface area contributed by atoms with Crippen molar-refractivity contribution in [1.29, 1.82) is 0 Å². The first-order chi connectivity index (χ1) is 5.29. The van der Waals surface area contributed by atoms with Crippen molar-refractivity contribution in [2.24, 2.45) is 7.05 Å². The van der Waals surface area contributed by atoms with Crippen LogP contribution in [0.4, 0.5) is 0 Å². The minimum Gasteiger partial charge on any atom is -0.452 e. The van der Waals surface area contributed by atoms with Crippen molar-refractivity contribution in [3.05, 3.63) is 18.2 Å². The molecule has 1 aliphatic rings. The SMILES string of the molecule is C[n+]1ccn2c1C(=O)OCC2. The zero-order valence-electron chi connectivity index (χ0n) is 6.28. The van der Waals surface area contributed by atoms with Crippen molar-refractivity contribution in [1.82, 2.24) is 4.57 Å². The molecule has 0 bridgehead atoms. The number of nitrogens with zero attached hydrogens (tertiary/aromatic N) is 2. The Morgan fingerprint density at radius 1 is 1.73 bits per heavy atom. The molecule has 58 valence electrons. The maximum Gasteiger partial charge on any atom is 0.422 e. The normalized spacial score (nSPS) is 15.9. The van der Waals surface area contributed by atoms with Gasteiger partial charge in [0.1, 0.15) is 25.5 Å². The lowest BCUT2D eigenvalue weighted by molar-refractivity contribution is -0.674. The number of rotatable bonds is 0. The van der Waals surface area contributed by atoms with Crippen molar-refractivity contribution in [3.8, 4) is 0 Å². The highest BCUT2D eigenvalue weighted by Gasteiger charge is 2.28. The first kappa shape index (κ1) is 6.39. The van der Waals surface area contributed by atoms with E-state index in [2.05, 4.69) is 0 Å². The van der Waals surface area contributed by atoms with Gasteiger partial charge in [0.15, 0.2) is 0 Å². The van der Waals surface area contributed by atoms with E-state index < -0.39 is 0 Å². The summed E-state index contributed by atoms with van der Waals surface area (Å²) in [6, 6.07) is 0. The van der Waals surface area contributed by atoms with Gasteiger partial charge in [0.05, 0.1) is 7.05 Å². The summed E-state index contributed by atoms with van der Waals surface area (Å²) in [5, 5.41) is 0. The molecule has 2 rings (SSSR count). The minimum absolute atomic E-state index is 0.233. The first-order valence-electron chi connectivity index (χ1n) is 3.51. The van der Waals surface area contributed by atoms with Crippen LogP contribution in [0, 0.1) is 0 Å². The summed E-state index contributed by atoms with van der Waals surface area (Å²) in [6.07, 6.45) is 3.73. The van der Waals surface area contributed by atoms with Crippen molar-refractivity contribution in [2.75, 3.05) is 6.61 Å². The lowest BCUT2D eigenvalue weighted by Crippen LogP contribution is -2.39. The maximum atomic E-state index is 11.1. The summed E-state index contributed by atoms with van der Waals surface area (Å²) >= 11 is 0. The lowest BCUT2D eigenvalue weighted by Gasteiger charge is -2.08. The van der Waals surface area contributed by atoms with Gasteiger partial charge in [0, 0.05) is 0 Å². The zero-order chi connectivity index (χ0) is 7.84. The molecule has 0 saturated heterocycles. The molecule has 0 aliphatic carbocycles. The van der Waals surface area contributed by atoms with Crippen molar-refractivity contribution in [3.63, 3.8) is 0 Å². The molecule has 4 heteroatoms. The Kier molecular flexibility index (Phi) is 1.21. The van der Waals surface area contributed by atoms with Crippen LogP contribution >= 0.6 is 0 Å². The Balaban J connectivity index is 2.56. The fourth-order valence-electron chi connectivity index (χ4n) is 1.27. The molecule has 1 aromatic rings. The number of hydrogen-bond donors (Lipinski definition) is 0. The molecule has 0 spiro atoms. The fourth-order valence-corrected chi connectivity index (χ4v) is 1.27. The number of carbonyl (C=O) groups excluding carboxylic acids is 1. The van der Waals surface area contributed by atoms with Crippen LogP contribution in [0.3, 0.4) is 0 Å². The highest BCUT2D eigenvalue weighted by molar-refractivity contribution is 5.84. The van der Waals surface area contributed by atoms with Crippen LogP contribution in [-0.2, 0) is 18.3 Å². The summed E-state index contributed by atoms with van der Waals surface area (Å²) in [6.45, 7) is 1.25. The number of cyclic esters (lactones) is 1. The molecule has 1 aliphatic heterocycles. The molecule has 0 radical (unpaired) electrons. The monoisotopic (exact) mass is 153 g/mol. The molecule has 0 unspecified atom stereocenters. The number of ether oxygens (including phenoxy) is 1. The van der Waals surface area contributed by atoms with Gasteiger partial charge >= 0.3 is 11.8 Å². The summed E-state index contributed by atoms with van der Waals surface area (Å²) in [5.74, 6) is 0.389. The van der Waals surface area contributed by atoms with E-state index in [0.29, 0.717) is 12.4 Å². The Labute approximate surface area is 64.0 Å². The van der Waals surface area contributed by atoms with Crippen molar-refractivity contribution < 1.29 is 14.1 Å². The Morgan fingerprint density at radius 2 is 2.55 bits per heavy atom. The molecule has 4 nitrogen and oxygen atoms in total. The number of aromatic nitrogens is 2. The van der Waals surface area contributed by atoms with E-state index in [1.165, 1.54) is 0 Å². The molecule has 0 aromatic carbocycles. The second-order valence-corrected chi connectivity index (χ2v) is 2.56. The number of aryl methyl sites for hydroxylation is 1. The number of hydrogen-bond acceptors (Lipinski definition) is 2. The molecule has 0 amide bonds. The predicted molar refractivity (Wildman–Crippen MR) is 35.9 cm³/mol. The van der Waals surface area contributed by atoms with Gasteiger partial charge in [-0.25, -0.2) is 13.9 Å². The molecule has 2 heterocycles. The second kappa shape index (κ2) is 2.08. The predicted octanol–water partition coefficient (Wildman–Crippen LogP) is -0.517. The quantitative estimate of drug-likeness (QED) is 0.371. The van der Waals surface area contributed by atoms with E-state index >= 15 is 0 Å². The summed E-state index contributed by atoms with van der Waals surface area (Å²) in [5.41, 5.74) is 0. The van der Waals surface area contributed by atoms with Crippen LogP contribution in [0.1, 0.15) is 10.6 Å². The van der Waals surface area contributed by atoms with Gasteiger partial charge in [0.25, 0.3) is 0 Å². The van der Waals surface area contributed by atoms with Crippen LogP contribution in [0.5, 0.6) is 0 Å². The van der Waals surface area contributed by atoms with Crippen LogP contribution in [-0.4, -0.2) is 17.1 Å². The zero-order valence-corrected chi connectivity index (χ0v) is 6.28. The maximum absolute atomic E-state index is 11.1. The van der Waals surface area contributed by atoms with Crippen LogP contribution in [0.15, 0.2) is 12.4 Å². The summed E-state index contributed by atoms with van der Waals surface area (Å²) in [4.78, 5) is 11.1. The standard InChI is InChI=1S/C7H9N2O2/c1-8-2-3-9-4-5-11-7(10)6(8)9/h2-3H,4-5H2,1H3/q+1. The molecule has 0 atom stereocenters.